The molecule has 1 atom stereocenters. The van der Waals surface area contributed by atoms with Crippen LogP contribution >= 0.6 is 24.0 Å². The minimum Gasteiger partial charge on any atom is -0.357 e. The van der Waals surface area contributed by atoms with Crippen molar-refractivity contribution in [1.29, 1.82) is 0 Å². The quantitative estimate of drug-likeness (QED) is 0.275. The maximum atomic E-state index is 13.1. The molecular weight excluding hydrogens is 517 g/mol. The van der Waals surface area contributed by atoms with Gasteiger partial charge < -0.3 is 10.2 Å². The third-order valence-electron chi connectivity index (χ3n) is 4.54. The van der Waals surface area contributed by atoms with Gasteiger partial charge in [0.1, 0.15) is 6.04 Å². The van der Waals surface area contributed by atoms with Gasteiger partial charge in [0.15, 0.2) is 11.7 Å². The smallest absolute Gasteiger partial charge is 0.357 e. The van der Waals surface area contributed by atoms with Crippen molar-refractivity contribution in [3.63, 3.8) is 0 Å². The highest BCUT2D eigenvalue weighted by atomic mass is 127. The van der Waals surface area contributed by atoms with Crippen molar-refractivity contribution in [1.82, 2.24) is 24.9 Å². The molecule has 168 valence electrons. The van der Waals surface area contributed by atoms with Gasteiger partial charge in [-0.25, -0.2) is 4.99 Å². The number of hydrogen-bond acceptors (Lipinski definition) is 3. The van der Waals surface area contributed by atoms with Crippen LogP contribution in [0, 0.1) is 0 Å². The minimum atomic E-state index is -4.58. The van der Waals surface area contributed by atoms with E-state index < -0.39 is 24.1 Å². The number of rotatable bonds is 4. The summed E-state index contributed by atoms with van der Waals surface area (Å²) in [6.45, 7) is 4.15. The number of aryl methyl sites for hydroxylation is 1. The van der Waals surface area contributed by atoms with Crippen LogP contribution in [-0.2, 0) is 19.8 Å². The molecule has 0 saturated carbocycles. The van der Waals surface area contributed by atoms with E-state index in [1.54, 1.807) is 4.90 Å². The molecule has 1 fully saturated rings. The average Bonchev–Trinajstić information content (AvgIpc) is 2.98. The Hall–Kier alpha value is -1.25. The molecule has 6 nitrogen and oxygen atoms in total. The lowest BCUT2D eigenvalue weighted by Gasteiger charge is -2.39. The Bertz CT molecular complexity index is 678. The summed E-state index contributed by atoms with van der Waals surface area (Å²) in [7, 11) is 1.40. The van der Waals surface area contributed by atoms with E-state index in [0.29, 0.717) is 25.6 Å². The number of nitrogens with zero attached hydrogens (tertiary/aromatic N) is 5. The lowest BCUT2D eigenvalue weighted by Crippen LogP contribution is -2.56. The lowest BCUT2D eigenvalue weighted by molar-refractivity contribution is -0.181. The molecule has 1 N–H and O–H groups in total. The van der Waals surface area contributed by atoms with Crippen molar-refractivity contribution >= 4 is 29.9 Å². The molecule has 0 amide bonds. The Balaban J connectivity index is 0.00000420. The van der Waals surface area contributed by atoms with Gasteiger partial charge in [-0.3, -0.25) is 9.58 Å². The number of piperazine rings is 1. The van der Waals surface area contributed by atoms with E-state index in [0.717, 1.165) is 11.6 Å². The molecular formula is C16H25F6IN6. The molecule has 0 bridgehead atoms. The van der Waals surface area contributed by atoms with Gasteiger partial charge in [-0.2, -0.15) is 31.4 Å². The van der Waals surface area contributed by atoms with Crippen LogP contribution in [0.5, 0.6) is 0 Å². The fraction of sp³-hybridized carbons (Fsp3) is 0.750. The van der Waals surface area contributed by atoms with Gasteiger partial charge in [0.25, 0.3) is 0 Å². The summed E-state index contributed by atoms with van der Waals surface area (Å²) < 4.78 is 78.8. The van der Waals surface area contributed by atoms with E-state index in [1.807, 2.05) is 6.92 Å². The first-order chi connectivity index (χ1) is 12.9. The second-order valence-corrected chi connectivity index (χ2v) is 6.59. The number of nitrogens with one attached hydrogen (secondary N) is 1. The lowest BCUT2D eigenvalue weighted by atomic mass is 10.2. The van der Waals surface area contributed by atoms with Crippen molar-refractivity contribution in [3.05, 3.63) is 17.5 Å². The molecule has 29 heavy (non-hydrogen) atoms. The topological polar surface area (TPSA) is 48.7 Å². The molecule has 0 radical (unpaired) electrons. The first kappa shape index (κ1) is 25.8. The van der Waals surface area contributed by atoms with Crippen LogP contribution in [0.3, 0.4) is 0 Å². The Labute approximate surface area is 182 Å². The van der Waals surface area contributed by atoms with Crippen molar-refractivity contribution in [2.75, 3.05) is 32.7 Å². The predicted molar refractivity (Wildman–Crippen MR) is 107 cm³/mol. The van der Waals surface area contributed by atoms with E-state index in [4.69, 9.17) is 0 Å². The third-order valence-corrected chi connectivity index (χ3v) is 4.54. The summed E-state index contributed by atoms with van der Waals surface area (Å²) in [4.78, 5) is 7.34. The van der Waals surface area contributed by atoms with Gasteiger partial charge >= 0.3 is 12.4 Å². The van der Waals surface area contributed by atoms with Crippen LogP contribution < -0.4 is 5.32 Å². The zero-order valence-electron chi connectivity index (χ0n) is 16.3. The Morgan fingerprint density at radius 2 is 1.76 bits per heavy atom. The van der Waals surface area contributed by atoms with Gasteiger partial charge in [-0.15, -0.1) is 24.0 Å². The van der Waals surface area contributed by atoms with Crippen LogP contribution in [0.2, 0.25) is 0 Å². The van der Waals surface area contributed by atoms with Crippen LogP contribution in [-0.4, -0.2) is 70.5 Å². The largest absolute Gasteiger partial charge is 0.435 e. The maximum Gasteiger partial charge on any atom is 0.435 e. The third kappa shape index (κ3) is 6.89. The molecule has 0 aliphatic carbocycles. The van der Waals surface area contributed by atoms with Crippen molar-refractivity contribution in [2.45, 2.75) is 38.8 Å². The van der Waals surface area contributed by atoms with Gasteiger partial charge in [-0.1, -0.05) is 0 Å². The van der Waals surface area contributed by atoms with Crippen LogP contribution in [0.15, 0.2) is 11.2 Å². The zero-order chi connectivity index (χ0) is 21.1. The molecule has 0 spiro atoms. The Morgan fingerprint density at radius 1 is 1.17 bits per heavy atom. The molecule has 2 rings (SSSR count). The van der Waals surface area contributed by atoms with E-state index in [2.05, 4.69) is 15.4 Å². The number of alkyl halides is 6. The monoisotopic (exact) mass is 542 g/mol. The first-order valence-electron chi connectivity index (χ1n) is 8.87. The standard InChI is InChI=1S/C16H24F6N6.HI/c1-4-23-14(24-9-12-10-26(3)25-13(12)16(20,21)22)28-7-5-27(6-8-28)11(2)15(17,18)19;/h10-11H,4-9H2,1-3H3,(H,23,24);1H. The van der Waals surface area contributed by atoms with Crippen molar-refractivity contribution < 1.29 is 26.3 Å². The molecule has 0 aromatic carbocycles. The van der Waals surface area contributed by atoms with Gasteiger partial charge in [-0.05, 0) is 13.8 Å². The normalized spacial score (nSPS) is 17.8. The molecule has 1 unspecified atom stereocenters. The first-order valence-corrected chi connectivity index (χ1v) is 8.87. The minimum absolute atomic E-state index is 0. The molecule has 13 heteroatoms. The molecule has 1 aliphatic heterocycles. The summed E-state index contributed by atoms with van der Waals surface area (Å²) in [6.07, 6.45) is -7.61. The van der Waals surface area contributed by atoms with Crippen LogP contribution in [0.25, 0.3) is 0 Å². The molecule has 1 saturated heterocycles. The highest BCUT2D eigenvalue weighted by Crippen LogP contribution is 2.31. The second-order valence-electron chi connectivity index (χ2n) is 6.59. The number of hydrogen-bond donors (Lipinski definition) is 1. The molecule has 1 aromatic heterocycles. The Kier molecular flexibility index (Phi) is 9.05. The zero-order valence-corrected chi connectivity index (χ0v) is 18.6. The Morgan fingerprint density at radius 3 is 2.24 bits per heavy atom. The van der Waals surface area contributed by atoms with Crippen LogP contribution in [0.4, 0.5) is 26.3 Å². The summed E-state index contributed by atoms with van der Waals surface area (Å²) in [6, 6.07) is -1.54. The molecule has 2 heterocycles. The number of aromatic nitrogens is 2. The number of halogens is 7. The van der Waals surface area contributed by atoms with E-state index >= 15 is 0 Å². The molecule has 1 aromatic rings. The second kappa shape index (κ2) is 10.2. The van der Waals surface area contributed by atoms with E-state index in [-0.39, 0.29) is 49.2 Å². The molecule has 1 aliphatic rings. The fourth-order valence-corrected chi connectivity index (χ4v) is 3.01. The average molecular weight is 542 g/mol. The highest BCUT2D eigenvalue weighted by molar-refractivity contribution is 14.0. The summed E-state index contributed by atoms with van der Waals surface area (Å²) in [5.74, 6) is 0.374. The summed E-state index contributed by atoms with van der Waals surface area (Å²) in [5.41, 5.74) is -1.05. The van der Waals surface area contributed by atoms with E-state index in [9.17, 15) is 26.3 Å². The van der Waals surface area contributed by atoms with Gasteiger partial charge in [0.2, 0.25) is 0 Å². The van der Waals surface area contributed by atoms with Crippen molar-refractivity contribution in [3.8, 4) is 0 Å². The predicted octanol–water partition coefficient (Wildman–Crippen LogP) is 3.09. The van der Waals surface area contributed by atoms with Gasteiger partial charge in [0, 0.05) is 51.5 Å². The summed E-state index contributed by atoms with van der Waals surface area (Å²) >= 11 is 0. The maximum absolute atomic E-state index is 13.1. The van der Waals surface area contributed by atoms with Crippen molar-refractivity contribution in [2.24, 2.45) is 12.0 Å². The number of guanidine groups is 1. The fourth-order valence-electron chi connectivity index (χ4n) is 3.01. The van der Waals surface area contributed by atoms with E-state index in [1.165, 1.54) is 18.1 Å². The van der Waals surface area contributed by atoms with Gasteiger partial charge in [0.05, 0.1) is 6.54 Å². The number of aliphatic imine (C=N–C) groups is 1. The SMILES string of the molecule is CCNC(=NCc1cn(C)nc1C(F)(F)F)N1CCN(C(C)C(F)(F)F)CC1.I. The van der Waals surface area contributed by atoms with Crippen LogP contribution in [0.1, 0.15) is 25.1 Å². The highest BCUT2D eigenvalue weighted by Gasteiger charge is 2.41. The summed E-state index contributed by atoms with van der Waals surface area (Å²) in [5, 5.41) is 6.43.